The smallest absolute Gasteiger partial charge is 0.328 e. The van der Waals surface area contributed by atoms with E-state index in [4.69, 9.17) is 5.11 Å². The Morgan fingerprint density at radius 1 is 1.43 bits per heavy atom. The van der Waals surface area contributed by atoms with Crippen LogP contribution in [0, 0.1) is 5.41 Å². The third-order valence-corrected chi connectivity index (χ3v) is 3.71. The van der Waals surface area contributed by atoms with Crippen LogP contribution in [0.5, 0.6) is 0 Å². The fourth-order valence-electron chi connectivity index (χ4n) is 2.11. The van der Waals surface area contributed by atoms with Gasteiger partial charge in [0.25, 0.3) is 5.91 Å². The van der Waals surface area contributed by atoms with Crippen LogP contribution in [0.2, 0.25) is 0 Å². The van der Waals surface area contributed by atoms with Crippen molar-refractivity contribution in [3.63, 3.8) is 0 Å². The molecule has 0 unspecified atom stereocenters. The highest BCUT2D eigenvalue weighted by molar-refractivity contribution is 7.12. The van der Waals surface area contributed by atoms with Crippen LogP contribution in [0.3, 0.4) is 0 Å². The van der Waals surface area contributed by atoms with E-state index in [1.54, 1.807) is 11.4 Å². The quantitative estimate of drug-likeness (QED) is 0.757. The number of thiophene rings is 1. The first-order chi connectivity index (χ1) is 9.71. The molecule has 1 rings (SSSR count). The summed E-state index contributed by atoms with van der Waals surface area (Å²) in [5.41, 5.74) is 0.596. The number of aliphatic carboxylic acids is 1. The zero-order valence-electron chi connectivity index (χ0n) is 12.8. The molecule has 0 aromatic carbocycles. The van der Waals surface area contributed by atoms with E-state index in [9.17, 15) is 9.59 Å². The van der Waals surface area contributed by atoms with Gasteiger partial charge in [-0.1, -0.05) is 13.8 Å². The first kappa shape index (κ1) is 17.4. The molecule has 1 aromatic rings. The molecule has 0 spiro atoms. The average Bonchev–Trinajstić information content (AvgIpc) is 2.80. The van der Waals surface area contributed by atoms with Gasteiger partial charge in [0.2, 0.25) is 0 Å². The van der Waals surface area contributed by atoms with Crippen molar-refractivity contribution in [2.24, 2.45) is 5.41 Å². The lowest BCUT2D eigenvalue weighted by molar-refractivity contribution is -0.131. The summed E-state index contributed by atoms with van der Waals surface area (Å²) in [6.45, 7) is 5.60. The molecule has 0 bridgehead atoms. The fourth-order valence-corrected chi connectivity index (χ4v) is 2.91. The van der Waals surface area contributed by atoms with E-state index in [0.717, 1.165) is 12.6 Å². The van der Waals surface area contributed by atoms with Crippen LogP contribution in [0.15, 0.2) is 17.5 Å². The molecule has 2 N–H and O–H groups in total. The molecule has 21 heavy (non-hydrogen) atoms. The highest BCUT2D eigenvalue weighted by Gasteiger charge is 2.21. The van der Waals surface area contributed by atoms with Crippen LogP contribution in [-0.2, 0) is 4.79 Å². The first-order valence-electron chi connectivity index (χ1n) is 6.63. The number of carboxylic acids is 1. The van der Waals surface area contributed by atoms with Gasteiger partial charge in [0.15, 0.2) is 0 Å². The summed E-state index contributed by atoms with van der Waals surface area (Å²) < 4.78 is 0. The molecule has 5 nitrogen and oxygen atoms in total. The number of carboxylic acid groups (broad SMARTS) is 1. The highest BCUT2D eigenvalue weighted by atomic mass is 32.1. The number of nitrogens with zero attached hydrogens (tertiary/aromatic N) is 1. The summed E-state index contributed by atoms with van der Waals surface area (Å²) in [7, 11) is 4.00. The van der Waals surface area contributed by atoms with Gasteiger partial charge in [-0.2, -0.15) is 0 Å². The molecule has 116 valence electrons. The third-order valence-electron chi connectivity index (χ3n) is 2.78. The summed E-state index contributed by atoms with van der Waals surface area (Å²) in [5, 5.41) is 13.3. The predicted octanol–water partition coefficient (Wildman–Crippen LogP) is 2.16. The first-order valence-corrected chi connectivity index (χ1v) is 7.51. The maximum atomic E-state index is 12.2. The molecule has 1 heterocycles. The van der Waals surface area contributed by atoms with E-state index in [1.165, 1.54) is 17.4 Å². The second-order valence-corrected chi connectivity index (χ2v) is 6.88. The van der Waals surface area contributed by atoms with E-state index < -0.39 is 5.97 Å². The van der Waals surface area contributed by atoms with Crippen LogP contribution in [0.25, 0.3) is 6.08 Å². The lowest BCUT2D eigenvalue weighted by Crippen LogP contribution is -2.39. The van der Waals surface area contributed by atoms with E-state index in [0.29, 0.717) is 17.0 Å². The zero-order chi connectivity index (χ0) is 16.0. The van der Waals surface area contributed by atoms with Crippen molar-refractivity contribution in [3.05, 3.63) is 28.0 Å². The van der Waals surface area contributed by atoms with Crippen molar-refractivity contribution in [3.8, 4) is 0 Å². The van der Waals surface area contributed by atoms with Crippen LogP contribution < -0.4 is 5.32 Å². The van der Waals surface area contributed by atoms with Gasteiger partial charge in [-0.25, -0.2) is 4.79 Å². The largest absolute Gasteiger partial charge is 0.478 e. The highest BCUT2D eigenvalue weighted by Crippen LogP contribution is 2.19. The van der Waals surface area contributed by atoms with Crippen molar-refractivity contribution < 1.29 is 14.7 Å². The Bertz CT molecular complexity index is 533. The van der Waals surface area contributed by atoms with Gasteiger partial charge in [-0.3, -0.25) is 4.79 Å². The van der Waals surface area contributed by atoms with Gasteiger partial charge in [0.1, 0.15) is 0 Å². The molecule has 0 radical (unpaired) electrons. The second kappa shape index (κ2) is 7.38. The Balaban J connectivity index is 2.69. The fraction of sp³-hybridized carbons (Fsp3) is 0.467. The minimum atomic E-state index is -1.03. The normalized spacial score (nSPS) is 12.0. The molecule has 1 aromatic heterocycles. The Hall–Kier alpha value is -1.66. The Morgan fingerprint density at radius 2 is 2.10 bits per heavy atom. The average molecular weight is 310 g/mol. The van der Waals surface area contributed by atoms with Gasteiger partial charge in [-0.15, -0.1) is 11.3 Å². The van der Waals surface area contributed by atoms with Gasteiger partial charge in [-0.05, 0) is 42.6 Å². The summed E-state index contributed by atoms with van der Waals surface area (Å²) in [6.07, 6.45) is 2.48. The molecule has 6 heteroatoms. The molecule has 0 atom stereocenters. The second-order valence-electron chi connectivity index (χ2n) is 5.96. The van der Waals surface area contributed by atoms with Crippen LogP contribution >= 0.6 is 11.3 Å². The van der Waals surface area contributed by atoms with Crippen LogP contribution in [-0.4, -0.2) is 49.1 Å². The van der Waals surface area contributed by atoms with Crippen molar-refractivity contribution in [1.82, 2.24) is 10.2 Å². The zero-order valence-corrected chi connectivity index (χ0v) is 13.7. The van der Waals surface area contributed by atoms with E-state index in [1.807, 2.05) is 14.1 Å². The van der Waals surface area contributed by atoms with E-state index >= 15 is 0 Å². The number of nitrogens with one attached hydrogen (secondary N) is 1. The van der Waals surface area contributed by atoms with E-state index in [-0.39, 0.29) is 11.3 Å². The van der Waals surface area contributed by atoms with Gasteiger partial charge >= 0.3 is 5.97 Å². The van der Waals surface area contributed by atoms with Crippen molar-refractivity contribution in [1.29, 1.82) is 0 Å². The van der Waals surface area contributed by atoms with Crippen molar-refractivity contribution >= 4 is 29.3 Å². The lowest BCUT2D eigenvalue weighted by atomic mass is 9.93. The molecule has 0 aliphatic carbocycles. The standard InChI is InChI=1S/C15H22N2O3S/c1-15(2,10-17(3)4)9-16-14(20)13-11(7-8-21-13)5-6-12(18)19/h5-8H,9-10H2,1-4H3,(H,16,20)(H,18,19). The van der Waals surface area contributed by atoms with Crippen LogP contribution in [0.1, 0.15) is 29.1 Å². The van der Waals surface area contributed by atoms with Crippen molar-refractivity contribution in [2.45, 2.75) is 13.8 Å². The number of carbonyl (C=O) groups is 2. The van der Waals surface area contributed by atoms with Crippen LogP contribution in [0.4, 0.5) is 0 Å². The minimum Gasteiger partial charge on any atom is -0.478 e. The molecule has 0 aliphatic heterocycles. The molecule has 1 amide bonds. The predicted molar refractivity (Wildman–Crippen MR) is 85.7 cm³/mol. The van der Waals surface area contributed by atoms with Gasteiger partial charge < -0.3 is 15.3 Å². The summed E-state index contributed by atoms with van der Waals surface area (Å²) >= 11 is 1.31. The minimum absolute atomic E-state index is 0.0342. The Labute approximate surface area is 129 Å². The van der Waals surface area contributed by atoms with Gasteiger partial charge in [0, 0.05) is 19.2 Å². The lowest BCUT2D eigenvalue weighted by Gasteiger charge is -2.28. The third kappa shape index (κ3) is 6.10. The number of amides is 1. The summed E-state index contributed by atoms with van der Waals surface area (Å²) in [4.78, 5) is 25.4. The number of carbonyl (C=O) groups excluding carboxylic acids is 1. The maximum Gasteiger partial charge on any atom is 0.328 e. The molecular weight excluding hydrogens is 288 g/mol. The molecule has 0 fully saturated rings. The monoisotopic (exact) mass is 310 g/mol. The molecule has 0 aliphatic rings. The number of hydrogen-bond acceptors (Lipinski definition) is 4. The van der Waals surface area contributed by atoms with E-state index in [2.05, 4.69) is 24.1 Å². The summed E-state index contributed by atoms with van der Waals surface area (Å²) in [6, 6.07) is 1.74. The Morgan fingerprint density at radius 3 is 2.67 bits per heavy atom. The maximum absolute atomic E-state index is 12.2. The number of rotatable bonds is 7. The Kier molecular flexibility index (Phi) is 6.11. The number of hydrogen-bond donors (Lipinski definition) is 2. The SMILES string of the molecule is CN(C)CC(C)(C)CNC(=O)c1sccc1C=CC(=O)O. The van der Waals surface area contributed by atoms with Gasteiger partial charge in [0.05, 0.1) is 4.88 Å². The molecule has 0 saturated heterocycles. The molecule has 0 saturated carbocycles. The topological polar surface area (TPSA) is 69.6 Å². The molecular formula is C15H22N2O3S. The summed E-state index contributed by atoms with van der Waals surface area (Å²) in [5.74, 6) is -1.19. The van der Waals surface area contributed by atoms with Crippen molar-refractivity contribution in [2.75, 3.05) is 27.2 Å².